The molecule has 2 aliphatic rings. The Hall–Kier alpha value is -0.610. The maximum atomic E-state index is 11.7. The van der Waals surface area contributed by atoms with E-state index in [2.05, 4.69) is 17.1 Å². The van der Waals surface area contributed by atoms with Crippen molar-refractivity contribution in [3.63, 3.8) is 0 Å². The average molecular weight is 268 g/mol. The van der Waals surface area contributed by atoms with Crippen LogP contribution in [0.5, 0.6) is 0 Å². The maximum Gasteiger partial charge on any atom is 0.323 e. The van der Waals surface area contributed by atoms with Gasteiger partial charge in [-0.15, -0.1) is 0 Å². The molecule has 0 amide bonds. The molecule has 2 rings (SSSR count). The molecule has 110 valence electrons. The summed E-state index contributed by atoms with van der Waals surface area (Å²) >= 11 is 0. The van der Waals surface area contributed by atoms with E-state index < -0.39 is 11.5 Å². The van der Waals surface area contributed by atoms with Crippen molar-refractivity contribution in [3.8, 4) is 0 Å². The van der Waals surface area contributed by atoms with Crippen LogP contribution in [0.1, 0.15) is 52.9 Å². The van der Waals surface area contributed by atoms with Gasteiger partial charge in [-0.25, -0.2) is 0 Å². The lowest BCUT2D eigenvalue weighted by Gasteiger charge is -2.36. The second-order valence-corrected chi connectivity index (χ2v) is 6.83. The zero-order valence-corrected chi connectivity index (χ0v) is 12.5. The fourth-order valence-corrected chi connectivity index (χ4v) is 3.83. The molecule has 3 atom stereocenters. The van der Waals surface area contributed by atoms with Crippen molar-refractivity contribution < 1.29 is 9.90 Å². The fraction of sp³-hybridized carbons (Fsp3) is 0.933. The van der Waals surface area contributed by atoms with Gasteiger partial charge in [0.15, 0.2) is 0 Å². The van der Waals surface area contributed by atoms with Crippen molar-refractivity contribution in [2.45, 2.75) is 70.5 Å². The molecular formula is C15H28N2O2. The van der Waals surface area contributed by atoms with Gasteiger partial charge >= 0.3 is 5.97 Å². The van der Waals surface area contributed by atoms with Crippen molar-refractivity contribution in [2.75, 3.05) is 13.1 Å². The van der Waals surface area contributed by atoms with E-state index in [9.17, 15) is 9.90 Å². The first-order valence-corrected chi connectivity index (χ1v) is 7.68. The third-order valence-electron chi connectivity index (χ3n) is 4.67. The highest BCUT2D eigenvalue weighted by Gasteiger charge is 2.47. The molecule has 0 aromatic carbocycles. The number of nitrogens with one attached hydrogen (secondary N) is 1. The summed E-state index contributed by atoms with van der Waals surface area (Å²) in [4.78, 5) is 14.2. The van der Waals surface area contributed by atoms with E-state index in [1.165, 1.54) is 12.8 Å². The molecule has 1 heterocycles. The highest BCUT2D eigenvalue weighted by molar-refractivity contribution is 5.79. The van der Waals surface area contributed by atoms with Gasteiger partial charge in [-0.3, -0.25) is 10.1 Å². The molecule has 0 spiro atoms. The molecule has 1 saturated heterocycles. The number of likely N-dealkylation sites (tertiary alicyclic amines) is 1. The van der Waals surface area contributed by atoms with E-state index in [1.54, 1.807) is 0 Å². The lowest BCUT2D eigenvalue weighted by Crippen LogP contribution is -2.54. The molecule has 2 fully saturated rings. The number of carbonyl (C=O) groups is 1. The van der Waals surface area contributed by atoms with Crippen LogP contribution < -0.4 is 5.32 Å². The maximum absolute atomic E-state index is 11.7. The fourth-order valence-electron chi connectivity index (χ4n) is 3.83. The summed E-state index contributed by atoms with van der Waals surface area (Å²) in [5.41, 5.74) is -0.695. The molecule has 4 nitrogen and oxygen atoms in total. The molecule has 1 aliphatic heterocycles. The first kappa shape index (κ1) is 14.8. The Morgan fingerprint density at radius 1 is 1.42 bits per heavy atom. The predicted octanol–water partition coefficient (Wildman–Crippen LogP) is 2.09. The van der Waals surface area contributed by atoms with E-state index >= 15 is 0 Å². The van der Waals surface area contributed by atoms with Gasteiger partial charge in [-0.2, -0.15) is 0 Å². The Morgan fingerprint density at radius 2 is 2.16 bits per heavy atom. The lowest BCUT2D eigenvalue weighted by molar-refractivity contribution is -0.145. The second-order valence-electron chi connectivity index (χ2n) is 6.83. The molecule has 3 unspecified atom stereocenters. The number of hydrogen-bond acceptors (Lipinski definition) is 3. The summed E-state index contributed by atoms with van der Waals surface area (Å²) in [6.07, 6.45) is 5.11. The average Bonchev–Trinajstić information content (AvgIpc) is 2.74. The summed E-state index contributed by atoms with van der Waals surface area (Å²) < 4.78 is 0. The number of carboxylic acid groups (broad SMARTS) is 1. The van der Waals surface area contributed by atoms with Gasteiger partial charge in [-0.1, -0.05) is 6.92 Å². The smallest absolute Gasteiger partial charge is 0.323 e. The first-order chi connectivity index (χ1) is 8.93. The summed E-state index contributed by atoms with van der Waals surface area (Å²) in [6.45, 7) is 8.65. The topological polar surface area (TPSA) is 52.6 Å². The van der Waals surface area contributed by atoms with Crippen LogP contribution in [0.2, 0.25) is 0 Å². The molecule has 0 radical (unpaired) electrons. The van der Waals surface area contributed by atoms with Crippen molar-refractivity contribution in [3.05, 3.63) is 0 Å². The number of piperidine rings is 1. The van der Waals surface area contributed by atoms with Gasteiger partial charge in [0.1, 0.15) is 5.54 Å². The number of aliphatic carboxylic acids is 1. The summed E-state index contributed by atoms with van der Waals surface area (Å²) in [5, 5.41) is 12.9. The Balaban J connectivity index is 2.01. The van der Waals surface area contributed by atoms with Gasteiger partial charge in [0.2, 0.25) is 0 Å². The monoisotopic (exact) mass is 268 g/mol. The molecule has 2 N–H and O–H groups in total. The SMILES string of the molecule is CC1CCCN(C2CCC(NC(C)C)(C(=O)O)C2)C1. The zero-order valence-electron chi connectivity index (χ0n) is 12.5. The van der Waals surface area contributed by atoms with Crippen LogP contribution in [0.15, 0.2) is 0 Å². The molecule has 1 aliphatic carbocycles. The lowest BCUT2D eigenvalue weighted by atomic mass is 9.94. The zero-order chi connectivity index (χ0) is 14.0. The van der Waals surface area contributed by atoms with E-state index in [4.69, 9.17) is 0 Å². The van der Waals surface area contributed by atoms with Crippen molar-refractivity contribution in [1.29, 1.82) is 0 Å². The Morgan fingerprint density at radius 3 is 2.74 bits per heavy atom. The minimum absolute atomic E-state index is 0.218. The summed E-state index contributed by atoms with van der Waals surface area (Å²) in [5.74, 6) is 0.0837. The van der Waals surface area contributed by atoms with Crippen LogP contribution >= 0.6 is 0 Å². The minimum Gasteiger partial charge on any atom is -0.480 e. The Bertz CT molecular complexity index is 332. The third-order valence-corrected chi connectivity index (χ3v) is 4.67. The summed E-state index contributed by atoms with van der Waals surface area (Å²) in [6, 6.07) is 0.667. The minimum atomic E-state index is -0.695. The van der Waals surface area contributed by atoms with Gasteiger partial charge in [0, 0.05) is 18.6 Å². The van der Waals surface area contributed by atoms with Gasteiger partial charge in [0.05, 0.1) is 0 Å². The number of carboxylic acids is 1. The van der Waals surface area contributed by atoms with Crippen LogP contribution in [0.25, 0.3) is 0 Å². The molecule has 19 heavy (non-hydrogen) atoms. The van der Waals surface area contributed by atoms with E-state index in [1.807, 2.05) is 13.8 Å². The molecule has 0 aromatic rings. The molecule has 0 aromatic heterocycles. The van der Waals surface area contributed by atoms with Crippen molar-refractivity contribution in [2.24, 2.45) is 5.92 Å². The molecule has 1 saturated carbocycles. The molecule has 0 bridgehead atoms. The van der Waals surface area contributed by atoms with E-state index in [0.717, 1.165) is 38.3 Å². The Kier molecular flexibility index (Phi) is 4.51. The van der Waals surface area contributed by atoms with E-state index in [-0.39, 0.29) is 6.04 Å². The molecule has 4 heteroatoms. The second kappa shape index (κ2) is 5.80. The number of hydrogen-bond donors (Lipinski definition) is 2. The summed E-state index contributed by atoms with van der Waals surface area (Å²) in [7, 11) is 0. The largest absolute Gasteiger partial charge is 0.480 e. The number of nitrogens with zero attached hydrogens (tertiary/aromatic N) is 1. The van der Waals surface area contributed by atoms with Crippen LogP contribution in [-0.4, -0.2) is 46.7 Å². The van der Waals surface area contributed by atoms with Gasteiger partial charge in [0.25, 0.3) is 0 Å². The van der Waals surface area contributed by atoms with Crippen molar-refractivity contribution >= 4 is 5.97 Å². The van der Waals surface area contributed by atoms with Crippen LogP contribution in [0, 0.1) is 5.92 Å². The van der Waals surface area contributed by atoms with Crippen LogP contribution in [0.4, 0.5) is 0 Å². The number of rotatable bonds is 4. The van der Waals surface area contributed by atoms with Crippen LogP contribution in [-0.2, 0) is 4.79 Å². The van der Waals surface area contributed by atoms with Crippen LogP contribution in [0.3, 0.4) is 0 Å². The third kappa shape index (κ3) is 3.29. The highest BCUT2D eigenvalue weighted by Crippen LogP contribution is 2.35. The Labute approximate surface area is 116 Å². The molecular weight excluding hydrogens is 240 g/mol. The van der Waals surface area contributed by atoms with Gasteiger partial charge in [-0.05, 0) is 58.4 Å². The predicted molar refractivity (Wildman–Crippen MR) is 76.2 cm³/mol. The normalized spacial score (nSPS) is 36.8. The quantitative estimate of drug-likeness (QED) is 0.820. The van der Waals surface area contributed by atoms with Crippen molar-refractivity contribution in [1.82, 2.24) is 10.2 Å². The highest BCUT2D eigenvalue weighted by atomic mass is 16.4. The first-order valence-electron chi connectivity index (χ1n) is 7.68. The standard InChI is InChI=1S/C15H28N2O2/c1-11(2)16-15(14(18)19)7-6-13(9-15)17-8-4-5-12(3)10-17/h11-13,16H,4-10H2,1-3H3,(H,18,19). The van der Waals surface area contributed by atoms with E-state index in [0.29, 0.717) is 6.04 Å². The van der Waals surface area contributed by atoms with Gasteiger partial charge < -0.3 is 10.0 Å².